The number of rotatable bonds is 4. The summed E-state index contributed by atoms with van der Waals surface area (Å²) < 4.78 is 0. The molecule has 0 bridgehead atoms. The van der Waals surface area contributed by atoms with Gasteiger partial charge in [0.05, 0.1) is 0 Å². The van der Waals surface area contributed by atoms with Crippen molar-refractivity contribution < 1.29 is 4.79 Å². The number of Topliss-reactive ketones (excluding diaryl/α,β-unsaturated/α-hetero) is 1. The fraction of sp³-hybridized carbons (Fsp3) is 0.462. The predicted octanol–water partition coefficient (Wildman–Crippen LogP) is 2.18. The van der Waals surface area contributed by atoms with Crippen LogP contribution < -0.4 is 5.32 Å². The van der Waals surface area contributed by atoms with Crippen molar-refractivity contribution in [3.63, 3.8) is 0 Å². The van der Waals surface area contributed by atoms with Gasteiger partial charge in [0, 0.05) is 17.5 Å². The van der Waals surface area contributed by atoms with Crippen LogP contribution in [0.1, 0.15) is 28.8 Å². The molecule has 80 valence electrons. The lowest BCUT2D eigenvalue weighted by Crippen LogP contribution is -2.27. The number of carbonyl (C=O) groups excluding carboxylic acids is 1. The monoisotopic (exact) mass is 203 g/mol. The summed E-state index contributed by atoms with van der Waals surface area (Å²) >= 11 is 0. The number of hydrogen-bond acceptors (Lipinski definition) is 2. The fourth-order valence-electron chi connectivity index (χ4n) is 2.07. The number of nitrogens with one attached hydrogen (secondary N) is 1. The van der Waals surface area contributed by atoms with Gasteiger partial charge in [-0.2, -0.15) is 0 Å². The molecule has 1 N–H and O–H groups in total. The molecule has 15 heavy (non-hydrogen) atoms. The summed E-state index contributed by atoms with van der Waals surface area (Å²) in [7, 11) is 1.91. The van der Waals surface area contributed by atoms with Gasteiger partial charge < -0.3 is 5.32 Å². The molecule has 0 spiro atoms. The molecule has 1 aromatic carbocycles. The summed E-state index contributed by atoms with van der Waals surface area (Å²) in [6.07, 6.45) is 2.06. The molecule has 1 aliphatic carbocycles. The van der Waals surface area contributed by atoms with Crippen LogP contribution in [0.25, 0.3) is 0 Å². The smallest absolute Gasteiger partial charge is 0.170 e. The lowest BCUT2D eigenvalue weighted by atomic mass is 9.94. The minimum atomic E-state index is -0.0947. The molecule has 0 heterocycles. The molecular formula is C13H17NO. The van der Waals surface area contributed by atoms with Crippen LogP contribution in [-0.2, 0) is 0 Å². The summed E-state index contributed by atoms with van der Waals surface area (Å²) in [5.74, 6) is 0.306. The summed E-state index contributed by atoms with van der Waals surface area (Å²) in [4.78, 5) is 12.2. The molecule has 0 atom stereocenters. The van der Waals surface area contributed by atoms with Gasteiger partial charge in [-0.1, -0.05) is 23.8 Å². The molecule has 1 saturated carbocycles. The summed E-state index contributed by atoms with van der Waals surface area (Å²) in [5.41, 5.74) is 1.92. The van der Waals surface area contributed by atoms with E-state index in [2.05, 4.69) is 5.32 Å². The van der Waals surface area contributed by atoms with Gasteiger partial charge in [0.25, 0.3) is 0 Å². The Morgan fingerprint density at radius 1 is 1.47 bits per heavy atom. The maximum absolute atomic E-state index is 12.2. The summed E-state index contributed by atoms with van der Waals surface area (Å²) in [5, 5.41) is 3.11. The Morgan fingerprint density at radius 3 is 2.73 bits per heavy atom. The first-order valence-electron chi connectivity index (χ1n) is 5.44. The van der Waals surface area contributed by atoms with Crippen molar-refractivity contribution in [2.75, 3.05) is 13.6 Å². The van der Waals surface area contributed by atoms with Crippen LogP contribution in [0.4, 0.5) is 0 Å². The van der Waals surface area contributed by atoms with Crippen molar-refractivity contribution in [3.05, 3.63) is 35.4 Å². The first-order chi connectivity index (χ1) is 7.18. The van der Waals surface area contributed by atoms with E-state index in [0.29, 0.717) is 5.78 Å². The zero-order valence-electron chi connectivity index (χ0n) is 9.34. The van der Waals surface area contributed by atoms with Gasteiger partial charge in [-0.05, 0) is 32.9 Å². The molecule has 0 aromatic heterocycles. The second-order valence-electron chi connectivity index (χ2n) is 4.51. The standard InChI is InChI=1S/C13H17NO/c1-10-4-3-5-11(8-10)12(15)13(6-7-13)9-14-2/h3-5,8,14H,6-7,9H2,1-2H3. The van der Waals surface area contributed by atoms with Crippen LogP contribution in [0.15, 0.2) is 24.3 Å². The number of ketones is 1. The van der Waals surface area contributed by atoms with Crippen LogP contribution in [0.5, 0.6) is 0 Å². The van der Waals surface area contributed by atoms with Gasteiger partial charge in [0.1, 0.15) is 0 Å². The van der Waals surface area contributed by atoms with E-state index in [1.165, 1.54) is 0 Å². The van der Waals surface area contributed by atoms with Crippen LogP contribution in [0.3, 0.4) is 0 Å². The molecule has 0 saturated heterocycles. The minimum absolute atomic E-state index is 0.0947. The Bertz CT molecular complexity index is 380. The Morgan fingerprint density at radius 2 is 2.20 bits per heavy atom. The van der Waals surface area contributed by atoms with Crippen molar-refractivity contribution in [2.45, 2.75) is 19.8 Å². The third-order valence-electron chi connectivity index (χ3n) is 3.13. The first-order valence-corrected chi connectivity index (χ1v) is 5.44. The van der Waals surface area contributed by atoms with Gasteiger partial charge >= 0.3 is 0 Å². The van der Waals surface area contributed by atoms with Crippen molar-refractivity contribution in [3.8, 4) is 0 Å². The van der Waals surface area contributed by atoms with Gasteiger partial charge in [0.15, 0.2) is 5.78 Å². The molecule has 2 nitrogen and oxygen atoms in total. The molecule has 0 radical (unpaired) electrons. The zero-order chi connectivity index (χ0) is 10.9. The molecular weight excluding hydrogens is 186 g/mol. The Hall–Kier alpha value is -1.15. The second kappa shape index (κ2) is 3.78. The van der Waals surface area contributed by atoms with Crippen LogP contribution in [-0.4, -0.2) is 19.4 Å². The van der Waals surface area contributed by atoms with Gasteiger partial charge in [-0.15, -0.1) is 0 Å². The molecule has 0 unspecified atom stereocenters. The van der Waals surface area contributed by atoms with E-state index < -0.39 is 0 Å². The Labute approximate surface area is 90.7 Å². The molecule has 1 aliphatic rings. The van der Waals surface area contributed by atoms with E-state index in [-0.39, 0.29) is 5.41 Å². The predicted molar refractivity (Wildman–Crippen MR) is 61.1 cm³/mol. The lowest BCUT2D eigenvalue weighted by Gasteiger charge is -2.13. The van der Waals surface area contributed by atoms with Crippen molar-refractivity contribution in [2.24, 2.45) is 5.41 Å². The van der Waals surface area contributed by atoms with Crippen LogP contribution in [0, 0.1) is 12.3 Å². The zero-order valence-corrected chi connectivity index (χ0v) is 9.34. The highest BCUT2D eigenvalue weighted by atomic mass is 16.1. The molecule has 1 aromatic rings. The quantitative estimate of drug-likeness (QED) is 0.760. The maximum atomic E-state index is 12.2. The van der Waals surface area contributed by atoms with Crippen LogP contribution >= 0.6 is 0 Å². The molecule has 2 heteroatoms. The van der Waals surface area contributed by atoms with Crippen molar-refractivity contribution in [1.82, 2.24) is 5.32 Å². The summed E-state index contributed by atoms with van der Waals surface area (Å²) in [6.45, 7) is 2.83. The molecule has 2 rings (SSSR count). The van der Waals surface area contributed by atoms with E-state index >= 15 is 0 Å². The highest BCUT2D eigenvalue weighted by Gasteiger charge is 2.48. The van der Waals surface area contributed by atoms with Crippen molar-refractivity contribution >= 4 is 5.78 Å². The lowest BCUT2D eigenvalue weighted by molar-refractivity contribution is 0.0900. The summed E-state index contributed by atoms with van der Waals surface area (Å²) in [6, 6.07) is 7.88. The Balaban J connectivity index is 2.21. The fourth-order valence-corrected chi connectivity index (χ4v) is 2.07. The SMILES string of the molecule is CNCC1(C(=O)c2cccc(C)c2)CC1. The molecule has 1 fully saturated rings. The first kappa shape index (κ1) is 10.4. The topological polar surface area (TPSA) is 29.1 Å². The number of carbonyl (C=O) groups is 1. The number of hydrogen-bond donors (Lipinski definition) is 1. The van der Waals surface area contributed by atoms with E-state index in [9.17, 15) is 4.79 Å². The normalized spacial score (nSPS) is 17.5. The number of benzene rings is 1. The van der Waals surface area contributed by atoms with Crippen molar-refractivity contribution in [1.29, 1.82) is 0 Å². The third-order valence-corrected chi connectivity index (χ3v) is 3.13. The Kier molecular flexibility index (Phi) is 2.61. The molecule has 0 aliphatic heterocycles. The van der Waals surface area contributed by atoms with E-state index in [1.54, 1.807) is 0 Å². The average molecular weight is 203 g/mol. The van der Waals surface area contributed by atoms with Gasteiger partial charge in [-0.25, -0.2) is 0 Å². The largest absolute Gasteiger partial charge is 0.319 e. The van der Waals surface area contributed by atoms with E-state index in [1.807, 2.05) is 38.2 Å². The van der Waals surface area contributed by atoms with E-state index in [0.717, 1.165) is 30.5 Å². The highest BCUT2D eigenvalue weighted by molar-refractivity contribution is 6.02. The second-order valence-corrected chi connectivity index (χ2v) is 4.51. The van der Waals surface area contributed by atoms with Gasteiger partial charge in [-0.3, -0.25) is 4.79 Å². The van der Waals surface area contributed by atoms with Crippen LogP contribution in [0.2, 0.25) is 0 Å². The average Bonchev–Trinajstić information content (AvgIpc) is 2.98. The maximum Gasteiger partial charge on any atom is 0.170 e. The van der Waals surface area contributed by atoms with Gasteiger partial charge in [0.2, 0.25) is 0 Å². The minimum Gasteiger partial charge on any atom is -0.319 e. The van der Waals surface area contributed by atoms with E-state index in [4.69, 9.17) is 0 Å². The molecule has 0 amide bonds. The highest BCUT2D eigenvalue weighted by Crippen LogP contribution is 2.47. The third kappa shape index (κ3) is 1.95. The number of aryl methyl sites for hydroxylation is 1.